The normalized spacial score (nSPS) is 12.3. The predicted molar refractivity (Wildman–Crippen MR) is 103 cm³/mol. The number of aliphatic hydroxyl groups excluding tert-OH is 2. The molecule has 0 saturated heterocycles. The van der Waals surface area contributed by atoms with Gasteiger partial charge in [-0.1, -0.05) is 71.1 Å². The zero-order valence-corrected chi connectivity index (χ0v) is 16.9. The monoisotopic (exact) mass is 398 g/mol. The number of carboxylic acids is 1. The van der Waals surface area contributed by atoms with E-state index >= 15 is 0 Å². The summed E-state index contributed by atoms with van der Waals surface area (Å²) in [5, 5.41) is 23.2. The van der Waals surface area contributed by atoms with Crippen molar-refractivity contribution in [3.8, 4) is 0 Å². The van der Waals surface area contributed by atoms with Crippen LogP contribution in [-0.4, -0.2) is 52.7 Å². The van der Waals surface area contributed by atoms with Gasteiger partial charge in [-0.15, -0.1) is 0 Å². The van der Waals surface area contributed by atoms with Crippen LogP contribution in [0.5, 0.6) is 0 Å². The number of carbonyl (C=O) groups is 1. The van der Waals surface area contributed by atoms with Crippen LogP contribution in [0, 0.1) is 0 Å². The summed E-state index contributed by atoms with van der Waals surface area (Å²) in [6, 6.07) is 0. The number of rotatable bonds is 16. The molecule has 0 spiro atoms. The predicted octanol–water partition coefficient (Wildman–Crippen LogP) is 3.39. The van der Waals surface area contributed by atoms with E-state index in [1.54, 1.807) is 0 Å². The molecule has 1 atom stereocenters. The topological polar surface area (TPSA) is 132 Å². The maximum absolute atomic E-state index is 10.8. The summed E-state index contributed by atoms with van der Waals surface area (Å²) in [7, 11) is -4.47. The van der Waals surface area contributed by atoms with Crippen LogP contribution in [0.1, 0.15) is 90.4 Å². The first-order valence-electron chi connectivity index (χ1n) is 9.72. The van der Waals surface area contributed by atoms with Gasteiger partial charge in [0.25, 0.3) is 10.1 Å². The van der Waals surface area contributed by atoms with Crippen molar-refractivity contribution in [1.82, 2.24) is 0 Å². The van der Waals surface area contributed by atoms with Crippen LogP contribution in [0.2, 0.25) is 0 Å². The van der Waals surface area contributed by atoms with E-state index in [0.717, 1.165) is 32.1 Å². The zero-order valence-electron chi connectivity index (χ0n) is 16.1. The SMILES string of the molecule is CCCCCCCCCCCCC(C(=O)O)S(=O)(=O)O.OCCCCO. The Morgan fingerprint density at radius 1 is 0.769 bits per heavy atom. The van der Waals surface area contributed by atoms with Gasteiger partial charge >= 0.3 is 5.97 Å². The molecule has 0 rings (SSSR count). The lowest BCUT2D eigenvalue weighted by Gasteiger charge is -2.08. The molecule has 158 valence electrons. The Morgan fingerprint density at radius 2 is 1.15 bits per heavy atom. The standard InChI is InChI=1S/C14H28O5S.C4H10O2/c1-2-3-4-5-6-7-8-9-10-11-12-13(14(15)16)20(17,18)19;5-3-1-2-4-6/h13H,2-12H2,1H3,(H,15,16)(H,17,18,19);5-6H,1-4H2. The van der Waals surface area contributed by atoms with Crippen molar-refractivity contribution in [3.05, 3.63) is 0 Å². The molecule has 0 saturated carbocycles. The third-order valence-corrected chi connectivity index (χ3v) is 5.18. The molecule has 0 bridgehead atoms. The number of aliphatic carboxylic acids is 1. The van der Waals surface area contributed by atoms with Gasteiger partial charge in [0, 0.05) is 13.2 Å². The molecule has 7 nitrogen and oxygen atoms in total. The molecule has 0 aromatic heterocycles. The second-order valence-corrected chi connectivity index (χ2v) is 8.07. The molecule has 0 fully saturated rings. The highest BCUT2D eigenvalue weighted by Gasteiger charge is 2.29. The maximum atomic E-state index is 10.8. The summed E-state index contributed by atoms with van der Waals surface area (Å²) in [4.78, 5) is 10.7. The van der Waals surface area contributed by atoms with Crippen LogP contribution in [-0.2, 0) is 14.9 Å². The smallest absolute Gasteiger partial charge is 0.324 e. The van der Waals surface area contributed by atoms with E-state index in [2.05, 4.69) is 6.92 Å². The molecule has 8 heteroatoms. The summed E-state index contributed by atoms with van der Waals surface area (Å²) in [5.74, 6) is -1.47. The Kier molecular flexibility index (Phi) is 20.2. The molecule has 0 heterocycles. The van der Waals surface area contributed by atoms with Gasteiger partial charge in [-0.3, -0.25) is 9.35 Å². The first-order chi connectivity index (χ1) is 12.3. The summed E-state index contributed by atoms with van der Waals surface area (Å²) >= 11 is 0. The van der Waals surface area contributed by atoms with E-state index in [9.17, 15) is 13.2 Å². The number of aliphatic hydroxyl groups is 2. The van der Waals surface area contributed by atoms with Gasteiger partial charge in [-0.25, -0.2) is 0 Å². The Hall–Kier alpha value is -0.700. The van der Waals surface area contributed by atoms with Gasteiger partial charge in [0.2, 0.25) is 0 Å². The zero-order chi connectivity index (χ0) is 20.3. The van der Waals surface area contributed by atoms with Crippen molar-refractivity contribution in [2.75, 3.05) is 13.2 Å². The van der Waals surface area contributed by atoms with E-state index < -0.39 is 21.3 Å². The second kappa shape index (κ2) is 19.1. The van der Waals surface area contributed by atoms with Crippen molar-refractivity contribution in [1.29, 1.82) is 0 Å². The molecule has 4 N–H and O–H groups in total. The second-order valence-electron chi connectivity index (χ2n) is 6.47. The largest absolute Gasteiger partial charge is 0.480 e. The van der Waals surface area contributed by atoms with Crippen molar-refractivity contribution >= 4 is 16.1 Å². The molecule has 0 amide bonds. The Balaban J connectivity index is 0. The van der Waals surface area contributed by atoms with Gasteiger partial charge in [-0.05, 0) is 19.3 Å². The van der Waals surface area contributed by atoms with Crippen LogP contribution in [0.4, 0.5) is 0 Å². The average molecular weight is 399 g/mol. The van der Waals surface area contributed by atoms with Gasteiger partial charge < -0.3 is 15.3 Å². The van der Waals surface area contributed by atoms with Crippen molar-refractivity contribution in [3.63, 3.8) is 0 Å². The van der Waals surface area contributed by atoms with E-state index in [-0.39, 0.29) is 19.6 Å². The highest BCUT2D eigenvalue weighted by Crippen LogP contribution is 2.14. The van der Waals surface area contributed by atoms with Gasteiger partial charge in [0.1, 0.15) is 0 Å². The van der Waals surface area contributed by atoms with Crippen LogP contribution >= 0.6 is 0 Å². The molecule has 0 radical (unpaired) electrons. The van der Waals surface area contributed by atoms with E-state index in [1.165, 1.54) is 38.5 Å². The first kappa shape index (κ1) is 27.5. The van der Waals surface area contributed by atoms with E-state index in [1.807, 2.05) is 0 Å². The van der Waals surface area contributed by atoms with Gasteiger partial charge in [-0.2, -0.15) is 8.42 Å². The lowest BCUT2D eigenvalue weighted by Crippen LogP contribution is -2.29. The molecule has 1 unspecified atom stereocenters. The molecule has 0 aliphatic rings. The number of unbranched alkanes of at least 4 members (excludes halogenated alkanes) is 10. The van der Waals surface area contributed by atoms with Crippen molar-refractivity contribution in [2.24, 2.45) is 0 Å². The molecule has 0 aromatic rings. The number of hydrogen-bond donors (Lipinski definition) is 4. The van der Waals surface area contributed by atoms with E-state index in [0.29, 0.717) is 6.42 Å². The average Bonchev–Trinajstić information content (AvgIpc) is 2.57. The van der Waals surface area contributed by atoms with E-state index in [4.69, 9.17) is 19.9 Å². The molecule has 0 aromatic carbocycles. The highest BCUT2D eigenvalue weighted by molar-refractivity contribution is 7.87. The summed E-state index contributed by atoms with van der Waals surface area (Å²) < 4.78 is 30.5. The van der Waals surface area contributed by atoms with Crippen LogP contribution in [0.25, 0.3) is 0 Å². The van der Waals surface area contributed by atoms with Gasteiger partial charge in [0.05, 0.1) is 0 Å². The minimum absolute atomic E-state index is 0.00926. The third kappa shape index (κ3) is 19.6. The first-order valence-corrected chi connectivity index (χ1v) is 11.2. The minimum atomic E-state index is -4.47. The van der Waals surface area contributed by atoms with Crippen molar-refractivity contribution in [2.45, 2.75) is 95.6 Å². The maximum Gasteiger partial charge on any atom is 0.324 e. The Bertz CT molecular complexity index is 406. The third-order valence-electron chi connectivity index (χ3n) is 4.02. The Morgan fingerprint density at radius 3 is 1.46 bits per heavy atom. The fourth-order valence-electron chi connectivity index (χ4n) is 2.44. The Labute approximate surface area is 158 Å². The molecule has 0 aliphatic heterocycles. The van der Waals surface area contributed by atoms with Crippen LogP contribution in [0.3, 0.4) is 0 Å². The van der Waals surface area contributed by atoms with Gasteiger partial charge in [0.15, 0.2) is 5.25 Å². The summed E-state index contributed by atoms with van der Waals surface area (Å²) in [5.41, 5.74) is 0. The quantitative estimate of drug-likeness (QED) is 0.231. The lowest BCUT2D eigenvalue weighted by molar-refractivity contribution is -0.136. The number of hydrogen-bond acceptors (Lipinski definition) is 5. The number of carboxylic acid groups (broad SMARTS) is 1. The minimum Gasteiger partial charge on any atom is -0.480 e. The fraction of sp³-hybridized carbons (Fsp3) is 0.944. The molecular weight excluding hydrogens is 360 g/mol. The molecule has 26 heavy (non-hydrogen) atoms. The highest BCUT2D eigenvalue weighted by atomic mass is 32.2. The van der Waals surface area contributed by atoms with Crippen molar-refractivity contribution < 1.29 is 33.1 Å². The van der Waals surface area contributed by atoms with Crippen LogP contribution in [0.15, 0.2) is 0 Å². The lowest BCUT2D eigenvalue weighted by atomic mass is 10.1. The van der Waals surface area contributed by atoms with Crippen LogP contribution < -0.4 is 0 Å². The fourth-order valence-corrected chi connectivity index (χ4v) is 3.16. The molecular formula is C18H38O7S. The summed E-state index contributed by atoms with van der Waals surface area (Å²) in [6.07, 6.45) is 12.4. The molecule has 0 aliphatic carbocycles. The summed E-state index contributed by atoms with van der Waals surface area (Å²) in [6.45, 7) is 2.58.